The van der Waals surface area contributed by atoms with Crippen LogP contribution in [0.2, 0.25) is 5.04 Å². The number of benzene rings is 3. The number of aliphatic hydroxyl groups is 2. The zero-order chi connectivity index (χ0) is 45.6. The average Bonchev–Trinajstić information content (AvgIpc) is 3.24. The van der Waals surface area contributed by atoms with E-state index in [1.54, 1.807) is 0 Å². The molecule has 2 heterocycles. The number of carbonyl (C=O) groups excluding carboxylic acids is 3. The maximum Gasteiger partial charge on any atom is 0.303 e. The lowest BCUT2D eigenvalue weighted by molar-refractivity contribution is -0.349. The Hall–Kier alpha value is -3.74. The molecule has 3 N–H and O–H groups in total. The van der Waals surface area contributed by atoms with Gasteiger partial charge in [0.25, 0.3) is 8.32 Å². The monoisotopic (exact) mass is 913 g/mol. The van der Waals surface area contributed by atoms with Gasteiger partial charge in [0.1, 0.15) is 36.6 Å². The van der Waals surface area contributed by atoms with Gasteiger partial charge in [-0.1, -0.05) is 125 Å². The lowest BCUT2D eigenvalue weighted by Crippen LogP contribution is -2.69. The molecule has 5 rings (SSSR count). The molecule has 2 aliphatic heterocycles. The van der Waals surface area contributed by atoms with E-state index in [9.17, 15) is 24.6 Å². The Labute approximate surface area is 376 Å². The van der Waals surface area contributed by atoms with Crippen LogP contribution in [0, 0.1) is 0 Å². The smallest absolute Gasteiger partial charge is 0.303 e. The Morgan fingerprint density at radius 1 is 0.698 bits per heavy atom. The predicted molar refractivity (Wildman–Crippen MR) is 238 cm³/mol. The number of aliphatic hydroxyl groups excluding tert-OH is 2. The first-order valence-electron chi connectivity index (χ1n) is 21.6. The molecule has 2 fully saturated rings. The Kier molecular flexibility index (Phi) is 19.1. The summed E-state index contributed by atoms with van der Waals surface area (Å²) in [5.41, 5.74) is 0.890. The number of esters is 2. The number of hydrogen-bond donors (Lipinski definition) is 3. The Bertz CT molecular complexity index is 1820. The van der Waals surface area contributed by atoms with E-state index in [0.717, 1.165) is 42.1 Å². The van der Waals surface area contributed by atoms with Crippen molar-refractivity contribution in [3.63, 3.8) is 0 Å². The minimum atomic E-state index is -3.22. The molecular weight excluding hydrogens is 850 g/mol. The van der Waals surface area contributed by atoms with E-state index in [-0.39, 0.29) is 26.4 Å². The van der Waals surface area contributed by atoms with Crippen molar-refractivity contribution in [3.8, 4) is 0 Å². The van der Waals surface area contributed by atoms with Crippen LogP contribution in [-0.4, -0.2) is 123 Å². The molecule has 0 aromatic heterocycles. The third-order valence-electron chi connectivity index (χ3n) is 11.1. The molecule has 0 radical (unpaired) electrons. The molecule has 63 heavy (non-hydrogen) atoms. The first-order valence-corrected chi connectivity index (χ1v) is 24.1. The van der Waals surface area contributed by atoms with Crippen LogP contribution in [0.1, 0.15) is 72.8 Å². The largest absolute Gasteiger partial charge is 0.457 e. The van der Waals surface area contributed by atoms with Crippen LogP contribution < -0.4 is 15.7 Å². The normalized spacial score (nSPS) is 26.4. The fraction of sp³-hybridized carbons (Fsp3) is 0.553. The van der Waals surface area contributed by atoms with Crippen LogP contribution in [0.25, 0.3) is 0 Å². The lowest BCUT2D eigenvalue weighted by Gasteiger charge is -2.49. The number of halogens is 1. The molecule has 2 saturated heterocycles. The Morgan fingerprint density at radius 2 is 1.24 bits per heavy atom. The Morgan fingerprint density at radius 3 is 1.79 bits per heavy atom. The second kappa shape index (κ2) is 24.0. The predicted octanol–water partition coefficient (Wildman–Crippen LogP) is 4.52. The highest BCUT2D eigenvalue weighted by atomic mass is 35.5. The molecule has 0 saturated carbocycles. The van der Waals surface area contributed by atoms with Crippen molar-refractivity contribution in [2.45, 2.75) is 140 Å². The van der Waals surface area contributed by atoms with E-state index in [1.807, 2.05) is 91.0 Å². The van der Waals surface area contributed by atoms with Crippen LogP contribution in [0.5, 0.6) is 0 Å². The molecule has 3 aromatic carbocycles. The quantitative estimate of drug-likeness (QED) is 0.0589. The molecule has 0 unspecified atom stereocenters. The molecule has 0 aliphatic carbocycles. The number of rotatable bonds is 21. The van der Waals surface area contributed by atoms with Gasteiger partial charge in [-0.05, 0) is 33.8 Å². The van der Waals surface area contributed by atoms with E-state index >= 15 is 0 Å². The van der Waals surface area contributed by atoms with E-state index in [1.165, 1.54) is 13.8 Å². The SMILES string of the molecule is CC(=O)N[C@H]1[C@H](OCCCCCCCl)O[C@H](COCc2ccccc2)[C@@H](O[C@@H]2O[C@H](CO[Si](c3ccccc3)(c3ccccc3)C(C)(C)C)[C@H](OC(C)=O)[C@H](O)[C@H]2OC(C)=O)[C@@H]1O. The summed E-state index contributed by atoms with van der Waals surface area (Å²) in [6.45, 7) is 10.2. The first-order chi connectivity index (χ1) is 30.2. The van der Waals surface area contributed by atoms with Crippen LogP contribution in [0.3, 0.4) is 0 Å². The average molecular weight is 915 g/mol. The summed E-state index contributed by atoms with van der Waals surface area (Å²) in [5, 5.41) is 28.5. The van der Waals surface area contributed by atoms with Gasteiger partial charge in [-0.25, -0.2) is 0 Å². The maximum absolute atomic E-state index is 12.7. The fourth-order valence-electron chi connectivity index (χ4n) is 8.29. The molecule has 0 bridgehead atoms. The summed E-state index contributed by atoms with van der Waals surface area (Å²) < 4.78 is 50.5. The topological polar surface area (TPSA) is 178 Å². The molecule has 1 amide bonds. The first kappa shape index (κ1) is 50.3. The molecule has 14 nitrogen and oxygen atoms in total. The number of ether oxygens (including phenoxy) is 7. The van der Waals surface area contributed by atoms with Gasteiger partial charge in [-0.3, -0.25) is 14.4 Å². The van der Waals surface area contributed by atoms with E-state index in [0.29, 0.717) is 12.3 Å². The summed E-state index contributed by atoms with van der Waals surface area (Å²) in [4.78, 5) is 37.9. The van der Waals surface area contributed by atoms with E-state index < -0.39 is 92.6 Å². The maximum atomic E-state index is 12.7. The van der Waals surface area contributed by atoms with Crippen LogP contribution in [0.4, 0.5) is 0 Å². The van der Waals surface area contributed by atoms with Crippen molar-refractivity contribution in [2.75, 3.05) is 25.7 Å². The van der Waals surface area contributed by atoms with Gasteiger partial charge in [-0.15, -0.1) is 11.6 Å². The second-order valence-electron chi connectivity index (χ2n) is 17.0. The molecule has 10 atom stereocenters. The minimum absolute atomic E-state index is 0.108. The standard InChI is InChI=1S/C47H64ClNO13Si/c1-31(50)49-39-40(53)42(37(29-55-28-34-20-12-9-13-21-34)60-45(39)56-27-19-8-7-18-26-48)62-46-44(59-33(3)52)41(54)43(58-32(2)51)38(61-46)30-57-63(47(4,5)6,35-22-14-10-15-23-35)36-24-16-11-17-25-36/h9-17,20-25,37-46,53-54H,7-8,18-19,26-30H2,1-6H3,(H,49,50)/t37-,38-,39-,40-,41+,42-,43+,44-,45-,46+/m1/s1. The van der Waals surface area contributed by atoms with Gasteiger partial charge in [0.05, 0.1) is 19.8 Å². The highest BCUT2D eigenvalue weighted by Crippen LogP contribution is 2.38. The molecule has 3 aromatic rings. The summed E-state index contributed by atoms with van der Waals surface area (Å²) >= 11 is 5.86. The molecule has 346 valence electrons. The number of nitrogens with one attached hydrogen (secondary N) is 1. The van der Waals surface area contributed by atoms with E-state index in [2.05, 4.69) is 26.1 Å². The van der Waals surface area contributed by atoms with Crippen molar-refractivity contribution in [1.82, 2.24) is 5.32 Å². The zero-order valence-corrected chi connectivity index (χ0v) is 38.8. The van der Waals surface area contributed by atoms with Gasteiger partial charge in [-0.2, -0.15) is 0 Å². The lowest BCUT2D eigenvalue weighted by atomic mass is 9.95. The molecule has 16 heteroatoms. The highest BCUT2D eigenvalue weighted by Gasteiger charge is 2.56. The van der Waals surface area contributed by atoms with E-state index in [4.69, 9.17) is 49.2 Å². The van der Waals surface area contributed by atoms with Crippen LogP contribution >= 0.6 is 11.6 Å². The van der Waals surface area contributed by atoms with Gasteiger partial charge >= 0.3 is 11.9 Å². The third kappa shape index (κ3) is 13.4. The molecular formula is C47H64ClNO13Si. The number of unbranched alkanes of at least 4 members (excludes halogenated alkanes) is 3. The van der Waals surface area contributed by atoms with Crippen molar-refractivity contribution >= 4 is 48.1 Å². The second-order valence-corrected chi connectivity index (χ2v) is 21.7. The third-order valence-corrected chi connectivity index (χ3v) is 16.4. The van der Waals surface area contributed by atoms with Crippen molar-refractivity contribution < 1.29 is 62.2 Å². The highest BCUT2D eigenvalue weighted by molar-refractivity contribution is 6.99. The van der Waals surface area contributed by atoms with Gasteiger partial charge in [0, 0.05) is 33.3 Å². The fourth-order valence-corrected chi connectivity index (χ4v) is 13.0. The van der Waals surface area contributed by atoms with Crippen molar-refractivity contribution in [3.05, 3.63) is 96.6 Å². The van der Waals surface area contributed by atoms with Gasteiger partial charge < -0.3 is 53.1 Å². The van der Waals surface area contributed by atoms with Crippen molar-refractivity contribution in [1.29, 1.82) is 0 Å². The minimum Gasteiger partial charge on any atom is -0.457 e. The number of hydrogen-bond acceptors (Lipinski definition) is 13. The Balaban J connectivity index is 1.50. The molecule has 0 spiro atoms. The van der Waals surface area contributed by atoms with Crippen LogP contribution in [0.15, 0.2) is 91.0 Å². The van der Waals surface area contributed by atoms with Crippen LogP contribution in [-0.2, 0) is 58.6 Å². The zero-order valence-electron chi connectivity index (χ0n) is 37.1. The number of carbonyl (C=O) groups is 3. The van der Waals surface area contributed by atoms with Crippen molar-refractivity contribution in [2.24, 2.45) is 0 Å². The summed E-state index contributed by atoms with van der Waals surface area (Å²) in [6, 6.07) is 28.2. The number of amides is 1. The summed E-state index contributed by atoms with van der Waals surface area (Å²) in [5.74, 6) is -1.38. The summed E-state index contributed by atoms with van der Waals surface area (Å²) in [6.07, 6.45) is -9.01. The van der Waals surface area contributed by atoms with Gasteiger partial charge in [0.15, 0.2) is 24.8 Å². The summed E-state index contributed by atoms with van der Waals surface area (Å²) in [7, 11) is -3.22. The molecule has 2 aliphatic rings. The number of alkyl halides is 1. The van der Waals surface area contributed by atoms with Gasteiger partial charge in [0.2, 0.25) is 5.91 Å².